The van der Waals surface area contributed by atoms with Crippen molar-refractivity contribution in [3.63, 3.8) is 0 Å². The van der Waals surface area contributed by atoms with Gasteiger partial charge in [-0.25, -0.2) is 0 Å². The van der Waals surface area contributed by atoms with E-state index in [1.54, 1.807) is 18.4 Å². The minimum atomic E-state index is 0.321. The molecule has 0 spiro atoms. The first-order valence-corrected chi connectivity index (χ1v) is 8.44. The van der Waals surface area contributed by atoms with Crippen molar-refractivity contribution in [2.45, 2.75) is 39.7 Å². The largest absolute Gasteiger partial charge is 0.496 e. The van der Waals surface area contributed by atoms with Crippen LogP contribution in [-0.2, 0) is 6.42 Å². The van der Waals surface area contributed by atoms with Crippen molar-refractivity contribution in [1.29, 1.82) is 0 Å². The van der Waals surface area contributed by atoms with Crippen molar-refractivity contribution in [1.82, 2.24) is 5.32 Å². The third-order valence-corrected chi connectivity index (χ3v) is 4.86. The molecule has 0 radical (unpaired) electrons. The molecular formula is C18H25NOS. The maximum atomic E-state index is 5.50. The Morgan fingerprint density at radius 1 is 1.19 bits per heavy atom. The molecule has 0 saturated heterocycles. The lowest BCUT2D eigenvalue weighted by molar-refractivity contribution is 0.402. The molecule has 1 aromatic carbocycles. The molecule has 0 aliphatic heterocycles. The molecule has 3 heteroatoms. The summed E-state index contributed by atoms with van der Waals surface area (Å²) in [7, 11) is 1.75. The fourth-order valence-electron chi connectivity index (χ4n) is 2.47. The molecule has 2 nitrogen and oxygen atoms in total. The van der Waals surface area contributed by atoms with Crippen molar-refractivity contribution >= 4 is 11.3 Å². The van der Waals surface area contributed by atoms with E-state index in [-0.39, 0.29) is 0 Å². The van der Waals surface area contributed by atoms with Gasteiger partial charge in [0, 0.05) is 6.04 Å². The zero-order valence-electron chi connectivity index (χ0n) is 13.4. The molecule has 0 amide bonds. The minimum Gasteiger partial charge on any atom is -0.496 e. The Balaban J connectivity index is 2.21. The predicted octanol–water partition coefficient (Wildman–Crippen LogP) is 4.66. The van der Waals surface area contributed by atoms with Crippen LogP contribution in [0.2, 0.25) is 0 Å². The molecule has 1 heterocycles. The molecule has 0 aliphatic carbocycles. The van der Waals surface area contributed by atoms with Gasteiger partial charge in [-0.1, -0.05) is 25.1 Å². The maximum Gasteiger partial charge on any atom is 0.134 e. The minimum absolute atomic E-state index is 0.321. The van der Waals surface area contributed by atoms with Gasteiger partial charge in [0.2, 0.25) is 0 Å². The van der Waals surface area contributed by atoms with Crippen molar-refractivity contribution in [2.75, 3.05) is 13.7 Å². The van der Waals surface area contributed by atoms with E-state index in [1.165, 1.54) is 21.6 Å². The van der Waals surface area contributed by atoms with Gasteiger partial charge < -0.3 is 10.1 Å². The summed E-state index contributed by atoms with van der Waals surface area (Å²) in [6.07, 6.45) is 2.13. The van der Waals surface area contributed by atoms with Crippen LogP contribution in [-0.4, -0.2) is 13.7 Å². The monoisotopic (exact) mass is 303 g/mol. The molecule has 21 heavy (non-hydrogen) atoms. The molecule has 2 rings (SSSR count). The summed E-state index contributed by atoms with van der Waals surface area (Å²) in [5, 5.41) is 5.77. The predicted molar refractivity (Wildman–Crippen MR) is 91.5 cm³/mol. The summed E-state index contributed by atoms with van der Waals surface area (Å²) < 4.78 is 5.50. The molecule has 0 aliphatic rings. The van der Waals surface area contributed by atoms with Crippen molar-refractivity contribution < 1.29 is 4.74 Å². The lowest BCUT2D eigenvalue weighted by Gasteiger charge is -2.19. The molecule has 1 unspecified atom stereocenters. The zero-order valence-corrected chi connectivity index (χ0v) is 14.2. The van der Waals surface area contributed by atoms with Crippen LogP contribution in [0.3, 0.4) is 0 Å². The molecule has 1 aromatic heterocycles. The first-order valence-electron chi connectivity index (χ1n) is 7.56. The quantitative estimate of drug-likeness (QED) is 0.803. The van der Waals surface area contributed by atoms with Crippen LogP contribution in [0.1, 0.15) is 41.0 Å². The average molecular weight is 303 g/mol. The van der Waals surface area contributed by atoms with Crippen LogP contribution < -0.4 is 10.1 Å². The van der Waals surface area contributed by atoms with Gasteiger partial charge in [0.15, 0.2) is 0 Å². The van der Waals surface area contributed by atoms with Crippen molar-refractivity contribution in [2.24, 2.45) is 0 Å². The molecule has 0 saturated carbocycles. The average Bonchev–Trinajstić information content (AvgIpc) is 2.95. The first kappa shape index (κ1) is 16.1. The number of rotatable bonds is 7. The van der Waals surface area contributed by atoms with Crippen molar-refractivity contribution in [3.8, 4) is 5.75 Å². The summed E-state index contributed by atoms with van der Waals surface area (Å²) in [6.45, 7) is 7.57. The maximum absolute atomic E-state index is 5.50. The third kappa shape index (κ3) is 4.08. The normalized spacial score (nSPS) is 12.4. The summed E-state index contributed by atoms with van der Waals surface area (Å²) in [5.41, 5.74) is 4.09. The van der Waals surface area contributed by atoms with Gasteiger partial charge in [-0.05, 0) is 61.4 Å². The lowest BCUT2D eigenvalue weighted by Crippen LogP contribution is -2.23. The molecule has 2 aromatic rings. The second kappa shape index (κ2) is 7.62. The van der Waals surface area contributed by atoms with E-state index in [0.717, 1.165) is 25.1 Å². The smallest absolute Gasteiger partial charge is 0.134 e. The number of nitrogens with one attached hydrogen (secondary N) is 1. The SMILES string of the molecule is CCCNC(Cc1ccc(C)c(C)c1)c1sccc1OC. The van der Waals surface area contributed by atoms with Crippen LogP contribution in [0.15, 0.2) is 29.6 Å². The van der Waals surface area contributed by atoms with E-state index in [4.69, 9.17) is 4.74 Å². The summed E-state index contributed by atoms with van der Waals surface area (Å²) in [5.74, 6) is 0.998. The van der Waals surface area contributed by atoms with E-state index in [0.29, 0.717) is 6.04 Å². The Morgan fingerprint density at radius 2 is 2.00 bits per heavy atom. The molecule has 0 bridgehead atoms. The highest BCUT2D eigenvalue weighted by atomic mass is 32.1. The Morgan fingerprint density at radius 3 is 2.67 bits per heavy atom. The van der Waals surface area contributed by atoms with Gasteiger partial charge in [-0.15, -0.1) is 11.3 Å². The van der Waals surface area contributed by atoms with E-state index in [9.17, 15) is 0 Å². The van der Waals surface area contributed by atoms with Crippen LogP contribution >= 0.6 is 11.3 Å². The molecule has 114 valence electrons. The van der Waals surface area contributed by atoms with Gasteiger partial charge in [0.1, 0.15) is 5.75 Å². The van der Waals surface area contributed by atoms with Gasteiger partial charge in [0.25, 0.3) is 0 Å². The molecular weight excluding hydrogens is 278 g/mol. The van der Waals surface area contributed by atoms with Gasteiger partial charge >= 0.3 is 0 Å². The first-order chi connectivity index (χ1) is 10.2. The third-order valence-electron chi connectivity index (χ3n) is 3.85. The highest BCUT2D eigenvalue weighted by Crippen LogP contribution is 2.33. The summed E-state index contributed by atoms with van der Waals surface area (Å²) in [4.78, 5) is 1.30. The number of thiophene rings is 1. The topological polar surface area (TPSA) is 21.3 Å². The highest BCUT2D eigenvalue weighted by molar-refractivity contribution is 7.10. The number of benzene rings is 1. The van der Waals surface area contributed by atoms with E-state index < -0.39 is 0 Å². The van der Waals surface area contributed by atoms with Gasteiger partial charge in [0.05, 0.1) is 12.0 Å². The summed E-state index contributed by atoms with van der Waals surface area (Å²) in [6, 6.07) is 9.13. The molecule has 0 fully saturated rings. The van der Waals surface area contributed by atoms with Gasteiger partial charge in [-0.3, -0.25) is 0 Å². The molecule has 1 N–H and O–H groups in total. The van der Waals surface area contributed by atoms with E-state index >= 15 is 0 Å². The number of ether oxygens (including phenoxy) is 1. The Labute approximate surface area is 132 Å². The fraction of sp³-hybridized carbons (Fsp3) is 0.444. The second-order valence-corrected chi connectivity index (χ2v) is 6.43. The fourth-order valence-corrected chi connectivity index (χ4v) is 3.41. The van der Waals surface area contributed by atoms with E-state index in [1.807, 2.05) is 0 Å². The zero-order chi connectivity index (χ0) is 15.2. The van der Waals surface area contributed by atoms with Crippen LogP contribution in [0.4, 0.5) is 0 Å². The highest BCUT2D eigenvalue weighted by Gasteiger charge is 2.17. The Kier molecular flexibility index (Phi) is 5.83. The number of aryl methyl sites for hydroxylation is 2. The molecule has 1 atom stereocenters. The van der Waals surface area contributed by atoms with Crippen molar-refractivity contribution in [3.05, 3.63) is 51.2 Å². The van der Waals surface area contributed by atoms with Gasteiger partial charge in [-0.2, -0.15) is 0 Å². The number of hydrogen-bond acceptors (Lipinski definition) is 3. The Bertz CT molecular complexity index is 576. The van der Waals surface area contributed by atoms with E-state index in [2.05, 4.69) is 55.7 Å². The number of hydrogen-bond donors (Lipinski definition) is 1. The van der Waals surface area contributed by atoms with Crippen LogP contribution in [0.25, 0.3) is 0 Å². The van der Waals surface area contributed by atoms with Crippen LogP contribution in [0, 0.1) is 13.8 Å². The second-order valence-electron chi connectivity index (χ2n) is 5.48. The number of methoxy groups -OCH3 is 1. The summed E-state index contributed by atoms with van der Waals surface area (Å²) >= 11 is 1.77. The van der Waals surface area contributed by atoms with Crippen LogP contribution in [0.5, 0.6) is 5.75 Å². The lowest BCUT2D eigenvalue weighted by atomic mass is 10.00. The Hall–Kier alpha value is -1.32. The standard InChI is InChI=1S/C18H25NOS/c1-5-9-19-16(18-17(20-4)8-10-21-18)12-15-7-6-13(2)14(3)11-15/h6-8,10-11,16,19H,5,9,12H2,1-4H3.